The standard InChI is InChI=1S/C18H14F3N3OS/c1-24-17(12-4-7-13(8-5-12)25-18(19,20)21)14-9-6-11-3-2-10-22-15(11)16(14)23-26-24/h2-10,17,23H,1H3. The molecule has 3 aromatic rings. The lowest BCUT2D eigenvalue weighted by Crippen LogP contribution is -2.26. The van der Waals surface area contributed by atoms with E-state index in [0.717, 1.165) is 27.7 Å². The van der Waals surface area contributed by atoms with Gasteiger partial charge in [0.25, 0.3) is 0 Å². The molecule has 0 bridgehead atoms. The molecule has 0 amide bonds. The summed E-state index contributed by atoms with van der Waals surface area (Å²) in [5, 5.41) is 1.02. The first kappa shape index (κ1) is 17.0. The summed E-state index contributed by atoms with van der Waals surface area (Å²) in [5.74, 6) is -0.231. The van der Waals surface area contributed by atoms with Crippen LogP contribution in [0.1, 0.15) is 17.2 Å². The van der Waals surface area contributed by atoms with Gasteiger partial charge < -0.3 is 9.46 Å². The van der Waals surface area contributed by atoms with Crippen LogP contribution in [0.5, 0.6) is 5.75 Å². The molecule has 26 heavy (non-hydrogen) atoms. The Balaban J connectivity index is 1.74. The molecule has 1 N–H and O–H groups in total. The highest BCUT2D eigenvalue weighted by atomic mass is 32.2. The van der Waals surface area contributed by atoms with Crippen molar-refractivity contribution >= 4 is 28.7 Å². The van der Waals surface area contributed by atoms with Crippen molar-refractivity contribution in [3.05, 3.63) is 65.9 Å². The van der Waals surface area contributed by atoms with Crippen molar-refractivity contribution in [1.29, 1.82) is 0 Å². The van der Waals surface area contributed by atoms with E-state index in [-0.39, 0.29) is 11.8 Å². The normalized spacial score (nSPS) is 17.6. The van der Waals surface area contributed by atoms with Crippen LogP contribution in [0.4, 0.5) is 18.9 Å². The van der Waals surface area contributed by atoms with Crippen LogP contribution < -0.4 is 9.46 Å². The van der Waals surface area contributed by atoms with Crippen molar-refractivity contribution in [2.45, 2.75) is 12.4 Å². The summed E-state index contributed by atoms with van der Waals surface area (Å²) < 4.78 is 46.3. The SMILES string of the molecule is CN1SNc2c(ccc3cccnc23)C1c1ccc(OC(F)(F)F)cc1. The molecule has 0 saturated carbocycles. The van der Waals surface area contributed by atoms with E-state index in [1.54, 1.807) is 18.3 Å². The van der Waals surface area contributed by atoms with Gasteiger partial charge in [-0.05, 0) is 23.8 Å². The first-order valence-corrected chi connectivity index (χ1v) is 8.59. The molecule has 4 rings (SSSR count). The Kier molecular flexibility index (Phi) is 4.16. The third kappa shape index (κ3) is 3.17. The summed E-state index contributed by atoms with van der Waals surface area (Å²) in [7, 11) is 1.92. The predicted molar refractivity (Wildman–Crippen MR) is 95.7 cm³/mol. The number of benzene rings is 2. The lowest BCUT2D eigenvalue weighted by atomic mass is 9.95. The Morgan fingerprint density at radius 1 is 1.12 bits per heavy atom. The maximum atomic E-state index is 12.4. The molecular formula is C18H14F3N3OS. The first-order valence-electron chi connectivity index (χ1n) is 7.81. The Bertz CT molecular complexity index is 947. The van der Waals surface area contributed by atoms with Crippen molar-refractivity contribution in [2.24, 2.45) is 0 Å². The minimum atomic E-state index is -4.69. The van der Waals surface area contributed by atoms with Gasteiger partial charge >= 0.3 is 6.36 Å². The van der Waals surface area contributed by atoms with Gasteiger partial charge in [0.1, 0.15) is 5.75 Å². The van der Waals surface area contributed by atoms with E-state index in [4.69, 9.17) is 0 Å². The van der Waals surface area contributed by atoms with Crippen LogP contribution in [0.25, 0.3) is 10.9 Å². The fourth-order valence-electron chi connectivity index (χ4n) is 3.10. The molecule has 0 spiro atoms. The summed E-state index contributed by atoms with van der Waals surface area (Å²) >= 11 is 1.42. The lowest BCUT2D eigenvalue weighted by Gasteiger charge is -2.34. The topological polar surface area (TPSA) is 37.4 Å². The molecule has 0 radical (unpaired) electrons. The molecule has 2 heterocycles. The first-order chi connectivity index (χ1) is 12.4. The van der Waals surface area contributed by atoms with Gasteiger partial charge in [0.2, 0.25) is 0 Å². The van der Waals surface area contributed by atoms with Gasteiger partial charge in [-0.25, -0.2) is 4.31 Å². The van der Waals surface area contributed by atoms with Gasteiger partial charge in [-0.3, -0.25) is 4.98 Å². The van der Waals surface area contributed by atoms with E-state index in [2.05, 4.69) is 14.4 Å². The van der Waals surface area contributed by atoms with Crippen molar-refractivity contribution in [1.82, 2.24) is 9.29 Å². The van der Waals surface area contributed by atoms with E-state index < -0.39 is 6.36 Å². The quantitative estimate of drug-likeness (QED) is 0.626. The van der Waals surface area contributed by atoms with Gasteiger partial charge in [0.05, 0.1) is 17.2 Å². The summed E-state index contributed by atoms with van der Waals surface area (Å²) in [6.07, 6.45) is -2.95. The van der Waals surface area contributed by atoms with Crippen molar-refractivity contribution in [2.75, 3.05) is 11.8 Å². The van der Waals surface area contributed by atoms with E-state index in [1.807, 2.05) is 35.6 Å². The predicted octanol–water partition coefficient (Wildman–Crippen LogP) is 5.14. The zero-order valence-electron chi connectivity index (χ0n) is 13.6. The van der Waals surface area contributed by atoms with Crippen LogP contribution in [-0.2, 0) is 0 Å². The second-order valence-electron chi connectivity index (χ2n) is 5.86. The Morgan fingerprint density at radius 3 is 2.62 bits per heavy atom. The Hall–Kier alpha value is -2.45. The smallest absolute Gasteiger partial charge is 0.406 e. The zero-order chi connectivity index (χ0) is 18.3. The highest BCUT2D eigenvalue weighted by Gasteiger charge is 2.32. The highest BCUT2D eigenvalue weighted by molar-refractivity contribution is 7.98. The minimum Gasteiger partial charge on any atom is -0.406 e. The van der Waals surface area contributed by atoms with Gasteiger partial charge in [-0.2, -0.15) is 0 Å². The number of fused-ring (bicyclic) bond motifs is 3. The number of nitrogens with zero attached hydrogens (tertiary/aromatic N) is 2. The van der Waals surface area contributed by atoms with Crippen LogP contribution >= 0.6 is 12.1 Å². The number of aromatic nitrogens is 1. The lowest BCUT2D eigenvalue weighted by molar-refractivity contribution is -0.274. The molecule has 0 fully saturated rings. The number of hydrogen-bond donors (Lipinski definition) is 1. The molecule has 2 aromatic carbocycles. The second-order valence-corrected chi connectivity index (χ2v) is 6.83. The molecule has 134 valence electrons. The van der Waals surface area contributed by atoms with E-state index in [1.165, 1.54) is 24.3 Å². The average Bonchev–Trinajstić information content (AvgIpc) is 2.61. The second kappa shape index (κ2) is 6.37. The zero-order valence-corrected chi connectivity index (χ0v) is 14.4. The van der Waals surface area contributed by atoms with Crippen LogP contribution in [0, 0.1) is 0 Å². The van der Waals surface area contributed by atoms with Gasteiger partial charge in [0, 0.05) is 36.3 Å². The number of pyridine rings is 1. The Labute approximate surface area is 152 Å². The Morgan fingerprint density at radius 2 is 1.88 bits per heavy atom. The summed E-state index contributed by atoms with van der Waals surface area (Å²) in [4.78, 5) is 4.46. The van der Waals surface area contributed by atoms with Crippen molar-refractivity contribution < 1.29 is 17.9 Å². The molecule has 1 aliphatic rings. The van der Waals surface area contributed by atoms with Crippen molar-refractivity contribution in [3.8, 4) is 5.75 Å². The third-order valence-corrected chi connectivity index (χ3v) is 4.98. The number of alkyl halides is 3. The molecule has 8 heteroatoms. The number of halogens is 3. The van der Waals surface area contributed by atoms with Gasteiger partial charge in [-0.1, -0.05) is 30.3 Å². The van der Waals surface area contributed by atoms with E-state index >= 15 is 0 Å². The summed E-state index contributed by atoms with van der Waals surface area (Å²) in [6, 6.07) is 13.8. The van der Waals surface area contributed by atoms with Crippen LogP contribution in [0.2, 0.25) is 0 Å². The van der Waals surface area contributed by atoms with E-state index in [9.17, 15) is 13.2 Å². The molecule has 0 aliphatic carbocycles. The molecule has 4 nitrogen and oxygen atoms in total. The van der Waals surface area contributed by atoms with Crippen LogP contribution in [-0.4, -0.2) is 22.7 Å². The number of hydrogen-bond acceptors (Lipinski definition) is 5. The minimum absolute atomic E-state index is 0.123. The van der Waals surface area contributed by atoms with Crippen molar-refractivity contribution in [3.63, 3.8) is 0 Å². The third-order valence-electron chi connectivity index (χ3n) is 4.19. The number of rotatable bonds is 2. The summed E-state index contributed by atoms with van der Waals surface area (Å²) in [6.45, 7) is 0. The average molecular weight is 377 g/mol. The fraction of sp³-hybridized carbons (Fsp3) is 0.167. The fourth-order valence-corrected chi connectivity index (χ4v) is 3.89. The van der Waals surface area contributed by atoms with E-state index in [0.29, 0.717) is 0 Å². The largest absolute Gasteiger partial charge is 0.573 e. The maximum absolute atomic E-state index is 12.4. The molecule has 0 saturated heterocycles. The monoisotopic (exact) mass is 377 g/mol. The van der Waals surface area contributed by atoms with Crippen LogP contribution in [0.15, 0.2) is 54.7 Å². The molecule has 1 aromatic heterocycles. The number of anilines is 1. The number of nitrogens with one attached hydrogen (secondary N) is 1. The molecular weight excluding hydrogens is 363 g/mol. The van der Waals surface area contributed by atoms with Gasteiger partial charge in [0.15, 0.2) is 0 Å². The molecule has 1 atom stereocenters. The highest BCUT2D eigenvalue weighted by Crippen LogP contribution is 2.44. The summed E-state index contributed by atoms with van der Waals surface area (Å²) in [5.41, 5.74) is 3.67. The molecule has 1 unspecified atom stereocenters. The van der Waals surface area contributed by atoms with Crippen LogP contribution in [0.3, 0.4) is 0 Å². The maximum Gasteiger partial charge on any atom is 0.573 e. The number of ether oxygens (including phenoxy) is 1. The van der Waals surface area contributed by atoms with Gasteiger partial charge in [-0.15, -0.1) is 13.2 Å². The molecule has 1 aliphatic heterocycles.